The highest BCUT2D eigenvalue weighted by Crippen LogP contribution is 2.14. The van der Waals surface area contributed by atoms with Gasteiger partial charge >= 0.3 is 0 Å². The Balaban J connectivity index is 2.65. The second kappa shape index (κ2) is 7.61. The molecule has 0 saturated carbocycles. The molecule has 0 aromatic heterocycles. The van der Waals surface area contributed by atoms with Crippen LogP contribution < -0.4 is 15.8 Å². The van der Waals surface area contributed by atoms with Crippen LogP contribution in [0.2, 0.25) is 0 Å². The molecule has 0 saturated heterocycles. The average molecular weight is 299 g/mol. The lowest BCUT2D eigenvalue weighted by Gasteiger charge is -2.13. The van der Waals surface area contributed by atoms with Gasteiger partial charge in [-0.3, -0.25) is 0 Å². The molecule has 6 heteroatoms. The molecule has 1 rings (SSSR count). The second-order valence-electron chi connectivity index (χ2n) is 5.23. The Morgan fingerprint density at radius 2 is 1.80 bits per heavy atom. The van der Waals surface area contributed by atoms with Crippen LogP contribution in [0.15, 0.2) is 29.2 Å². The summed E-state index contributed by atoms with van der Waals surface area (Å²) in [5.41, 5.74) is 6.79. The molecule has 1 atom stereocenters. The zero-order valence-corrected chi connectivity index (χ0v) is 13.2. The first-order chi connectivity index (χ1) is 9.35. The van der Waals surface area contributed by atoms with Gasteiger partial charge in [-0.25, -0.2) is 13.1 Å². The van der Waals surface area contributed by atoms with E-state index in [0.717, 1.165) is 18.5 Å². The SMILES string of the molecule is CCCC(N)CNc1ccc(S(=O)(=O)NC(C)C)cc1. The van der Waals surface area contributed by atoms with Crippen molar-refractivity contribution < 1.29 is 8.42 Å². The molecule has 114 valence electrons. The molecule has 0 spiro atoms. The molecule has 0 aliphatic carbocycles. The summed E-state index contributed by atoms with van der Waals surface area (Å²) in [6.45, 7) is 6.37. The molecule has 5 nitrogen and oxygen atoms in total. The Bertz CT molecular complexity index is 498. The summed E-state index contributed by atoms with van der Waals surface area (Å²) in [4.78, 5) is 0.273. The molecule has 0 heterocycles. The Morgan fingerprint density at radius 1 is 1.20 bits per heavy atom. The van der Waals surface area contributed by atoms with E-state index in [1.807, 2.05) is 0 Å². The van der Waals surface area contributed by atoms with E-state index in [1.54, 1.807) is 38.1 Å². The molecule has 20 heavy (non-hydrogen) atoms. The largest absolute Gasteiger partial charge is 0.383 e. The topological polar surface area (TPSA) is 84.2 Å². The van der Waals surface area contributed by atoms with Crippen LogP contribution in [0.4, 0.5) is 5.69 Å². The highest BCUT2D eigenvalue weighted by atomic mass is 32.2. The van der Waals surface area contributed by atoms with Crippen molar-refractivity contribution in [3.8, 4) is 0 Å². The van der Waals surface area contributed by atoms with Gasteiger partial charge in [0.15, 0.2) is 0 Å². The van der Waals surface area contributed by atoms with E-state index in [-0.39, 0.29) is 17.0 Å². The third-order valence-electron chi connectivity index (χ3n) is 2.78. The minimum atomic E-state index is -3.42. The molecule has 0 aliphatic heterocycles. The molecule has 4 N–H and O–H groups in total. The Kier molecular flexibility index (Phi) is 6.45. The van der Waals surface area contributed by atoms with Gasteiger partial charge in [0, 0.05) is 24.3 Å². The van der Waals surface area contributed by atoms with E-state index in [1.165, 1.54) is 0 Å². The number of nitrogens with two attached hydrogens (primary N) is 1. The van der Waals surface area contributed by atoms with Crippen molar-refractivity contribution in [2.45, 2.75) is 50.6 Å². The number of rotatable bonds is 8. The highest BCUT2D eigenvalue weighted by Gasteiger charge is 2.14. The van der Waals surface area contributed by atoms with Crippen LogP contribution in [-0.4, -0.2) is 27.0 Å². The van der Waals surface area contributed by atoms with Gasteiger partial charge in [0.05, 0.1) is 4.90 Å². The zero-order chi connectivity index (χ0) is 15.2. The monoisotopic (exact) mass is 299 g/mol. The van der Waals surface area contributed by atoms with Crippen LogP contribution in [0.1, 0.15) is 33.6 Å². The van der Waals surface area contributed by atoms with Gasteiger partial charge in [-0.1, -0.05) is 13.3 Å². The van der Waals surface area contributed by atoms with Crippen LogP contribution in [0.5, 0.6) is 0 Å². The normalized spacial score (nSPS) is 13.4. The van der Waals surface area contributed by atoms with Gasteiger partial charge in [-0.15, -0.1) is 0 Å². The number of nitrogens with one attached hydrogen (secondary N) is 2. The molecular formula is C14H25N3O2S. The summed E-state index contributed by atoms with van der Waals surface area (Å²) in [6.07, 6.45) is 2.03. The molecule has 0 fully saturated rings. The molecule has 1 aromatic rings. The summed E-state index contributed by atoms with van der Waals surface area (Å²) in [5.74, 6) is 0. The third-order valence-corrected chi connectivity index (χ3v) is 4.46. The van der Waals surface area contributed by atoms with E-state index in [9.17, 15) is 8.42 Å². The summed E-state index contributed by atoms with van der Waals surface area (Å²) < 4.78 is 26.5. The van der Waals surface area contributed by atoms with Crippen LogP contribution in [-0.2, 0) is 10.0 Å². The van der Waals surface area contributed by atoms with Crippen molar-refractivity contribution in [2.75, 3.05) is 11.9 Å². The number of benzene rings is 1. The van der Waals surface area contributed by atoms with Gasteiger partial charge in [-0.05, 0) is 44.5 Å². The average Bonchev–Trinajstić information content (AvgIpc) is 2.36. The summed E-state index contributed by atoms with van der Waals surface area (Å²) >= 11 is 0. The lowest BCUT2D eigenvalue weighted by atomic mass is 10.2. The maximum Gasteiger partial charge on any atom is 0.240 e. The number of sulfonamides is 1. The first-order valence-electron chi connectivity index (χ1n) is 6.97. The van der Waals surface area contributed by atoms with Crippen LogP contribution in [0, 0.1) is 0 Å². The molecule has 0 bridgehead atoms. The van der Waals surface area contributed by atoms with E-state index in [0.29, 0.717) is 6.54 Å². The maximum atomic E-state index is 12.0. The van der Waals surface area contributed by atoms with Gasteiger partial charge in [0.2, 0.25) is 10.0 Å². The van der Waals surface area contributed by atoms with Crippen LogP contribution >= 0.6 is 0 Å². The van der Waals surface area contributed by atoms with E-state index >= 15 is 0 Å². The molecule has 1 unspecified atom stereocenters. The molecule has 0 amide bonds. The zero-order valence-electron chi connectivity index (χ0n) is 12.4. The van der Waals surface area contributed by atoms with Crippen molar-refractivity contribution >= 4 is 15.7 Å². The fourth-order valence-corrected chi connectivity index (χ4v) is 3.10. The van der Waals surface area contributed by atoms with E-state index < -0.39 is 10.0 Å². The predicted octanol–water partition coefficient (Wildman–Crippen LogP) is 1.91. The Labute approximate surface area is 122 Å². The quantitative estimate of drug-likeness (QED) is 0.684. The summed E-state index contributed by atoms with van der Waals surface area (Å²) in [6, 6.07) is 6.70. The smallest absolute Gasteiger partial charge is 0.240 e. The lowest BCUT2D eigenvalue weighted by Crippen LogP contribution is -2.30. The minimum Gasteiger partial charge on any atom is -0.383 e. The van der Waals surface area contributed by atoms with Crippen molar-refractivity contribution in [2.24, 2.45) is 5.73 Å². The van der Waals surface area contributed by atoms with Crippen molar-refractivity contribution in [3.63, 3.8) is 0 Å². The molecular weight excluding hydrogens is 274 g/mol. The van der Waals surface area contributed by atoms with Gasteiger partial charge in [0.25, 0.3) is 0 Å². The number of hydrogen-bond donors (Lipinski definition) is 3. The predicted molar refractivity (Wildman–Crippen MR) is 83.3 cm³/mol. The van der Waals surface area contributed by atoms with E-state index in [4.69, 9.17) is 5.73 Å². The standard InChI is InChI=1S/C14H25N3O2S/c1-4-5-12(15)10-16-13-6-8-14(9-7-13)20(18,19)17-11(2)3/h6-9,11-12,16-17H,4-5,10,15H2,1-3H3. The van der Waals surface area contributed by atoms with Crippen LogP contribution in [0.25, 0.3) is 0 Å². The third kappa shape index (κ3) is 5.48. The number of anilines is 1. The second-order valence-corrected chi connectivity index (χ2v) is 6.94. The van der Waals surface area contributed by atoms with Crippen LogP contribution in [0.3, 0.4) is 0 Å². The molecule has 1 aromatic carbocycles. The number of hydrogen-bond acceptors (Lipinski definition) is 4. The lowest BCUT2D eigenvalue weighted by molar-refractivity contribution is 0.570. The van der Waals surface area contributed by atoms with Crippen molar-refractivity contribution in [1.29, 1.82) is 0 Å². The van der Waals surface area contributed by atoms with Crippen molar-refractivity contribution in [3.05, 3.63) is 24.3 Å². The first-order valence-corrected chi connectivity index (χ1v) is 8.45. The minimum absolute atomic E-state index is 0.117. The first kappa shape index (κ1) is 16.9. The van der Waals surface area contributed by atoms with Crippen molar-refractivity contribution in [1.82, 2.24) is 4.72 Å². The Hall–Kier alpha value is -1.11. The fraction of sp³-hybridized carbons (Fsp3) is 0.571. The molecule has 0 aliphatic rings. The van der Waals surface area contributed by atoms with Gasteiger partial charge < -0.3 is 11.1 Å². The Morgan fingerprint density at radius 3 is 2.30 bits per heavy atom. The van der Waals surface area contributed by atoms with E-state index in [2.05, 4.69) is 17.0 Å². The molecule has 0 radical (unpaired) electrons. The summed E-state index contributed by atoms with van der Waals surface area (Å²) in [5, 5.41) is 3.21. The fourth-order valence-electron chi connectivity index (χ4n) is 1.85. The maximum absolute atomic E-state index is 12.0. The van der Waals surface area contributed by atoms with Gasteiger partial charge in [-0.2, -0.15) is 0 Å². The highest BCUT2D eigenvalue weighted by molar-refractivity contribution is 7.89. The van der Waals surface area contributed by atoms with Gasteiger partial charge in [0.1, 0.15) is 0 Å². The summed E-state index contributed by atoms with van der Waals surface area (Å²) in [7, 11) is -3.42.